The molecule has 0 N–H and O–H groups in total. The average molecular weight is 279 g/mol. The third-order valence-corrected chi connectivity index (χ3v) is 3.48. The normalized spacial score (nSPS) is 11.8. The van der Waals surface area contributed by atoms with Gasteiger partial charge >= 0.3 is 0 Å². The number of hydrogen-bond acceptors (Lipinski definition) is 3. The third kappa shape index (κ3) is 4.41. The first-order valence-electron chi connectivity index (χ1n) is 7.19. The summed E-state index contributed by atoms with van der Waals surface area (Å²) in [4.78, 5) is 2.22. The summed E-state index contributed by atoms with van der Waals surface area (Å²) in [7, 11) is 7.65. The fraction of sp³-hybridized carbons (Fsp3) is 0.647. The maximum atomic E-state index is 5.59. The predicted octanol–water partition coefficient (Wildman–Crippen LogP) is 3.50. The molecule has 0 aromatic heterocycles. The Labute approximate surface area is 123 Å². The van der Waals surface area contributed by atoms with Gasteiger partial charge in [-0.2, -0.15) is 0 Å². The third-order valence-electron chi connectivity index (χ3n) is 3.48. The summed E-state index contributed by atoms with van der Waals surface area (Å²) in [5.41, 5.74) is 2.70. The SMILES string of the molecule is COc1cc(OC)c(CCCN(C)C)c(C(C)(C)C)c1. The van der Waals surface area contributed by atoms with E-state index >= 15 is 0 Å². The Morgan fingerprint density at radius 2 is 1.70 bits per heavy atom. The molecule has 0 saturated carbocycles. The summed E-state index contributed by atoms with van der Waals surface area (Å²) >= 11 is 0. The second-order valence-electron chi connectivity index (χ2n) is 6.51. The minimum absolute atomic E-state index is 0.0786. The van der Waals surface area contributed by atoms with E-state index in [-0.39, 0.29) is 5.41 Å². The highest BCUT2D eigenvalue weighted by Crippen LogP contribution is 2.36. The van der Waals surface area contributed by atoms with E-state index in [0.29, 0.717) is 0 Å². The number of ether oxygens (including phenoxy) is 2. The molecule has 0 aliphatic rings. The van der Waals surface area contributed by atoms with Gasteiger partial charge in [-0.1, -0.05) is 20.8 Å². The van der Waals surface area contributed by atoms with Crippen LogP contribution >= 0.6 is 0 Å². The van der Waals surface area contributed by atoms with Crippen molar-refractivity contribution in [2.75, 3.05) is 34.9 Å². The fourth-order valence-corrected chi connectivity index (χ4v) is 2.42. The first-order valence-corrected chi connectivity index (χ1v) is 7.19. The Bertz CT molecular complexity index is 433. The van der Waals surface area contributed by atoms with Crippen LogP contribution in [0.4, 0.5) is 0 Å². The van der Waals surface area contributed by atoms with E-state index < -0.39 is 0 Å². The van der Waals surface area contributed by atoms with Crippen molar-refractivity contribution in [2.45, 2.75) is 39.0 Å². The zero-order chi connectivity index (χ0) is 15.3. The van der Waals surface area contributed by atoms with Crippen molar-refractivity contribution in [1.29, 1.82) is 0 Å². The molecule has 0 aliphatic carbocycles. The van der Waals surface area contributed by atoms with Crippen molar-refractivity contribution in [3.8, 4) is 11.5 Å². The average Bonchev–Trinajstić information content (AvgIpc) is 2.36. The first-order chi connectivity index (χ1) is 9.29. The second-order valence-corrected chi connectivity index (χ2v) is 6.51. The lowest BCUT2D eigenvalue weighted by molar-refractivity contribution is 0.379. The lowest BCUT2D eigenvalue weighted by Gasteiger charge is -2.26. The molecule has 0 heterocycles. The van der Waals surface area contributed by atoms with Gasteiger partial charge in [0.15, 0.2) is 0 Å². The van der Waals surface area contributed by atoms with Gasteiger partial charge in [-0.05, 0) is 56.1 Å². The number of benzene rings is 1. The van der Waals surface area contributed by atoms with Crippen molar-refractivity contribution in [2.24, 2.45) is 0 Å². The maximum absolute atomic E-state index is 5.59. The van der Waals surface area contributed by atoms with Gasteiger partial charge < -0.3 is 14.4 Å². The van der Waals surface area contributed by atoms with Crippen molar-refractivity contribution in [3.05, 3.63) is 23.3 Å². The Hall–Kier alpha value is -1.22. The van der Waals surface area contributed by atoms with Gasteiger partial charge in [-0.3, -0.25) is 0 Å². The molecule has 3 heteroatoms. The molecule has 0 saturated heterocycles. The topological polar surface area (TPSA) is 21.7 Å². The molecule has 1 rings (SSSR count). The van der Waals surface area contributed by atoms with Crippen molar-refractivity contribution < 1.29 is 9.47 Å². The Morgan fingerprint density at radius 1 is 1.05 bits per heavy atom. The van der Waals surface area contributed by atoms with Crippen molar-refractivity contribution in [1.82, 2.24) is 4.90 Å². The molecule has 0 fully saturated rings. The monoisotopic (exact) mass is 279 g/mol. The lowest BCUT2D eigenvalue weighted by atomic mass is 9.82. The predicted molar refractivity (Wildman–Crippen MR) is 85.1 cm³/mol. The van der Waals surface area contributed by atoms with E-state index in [0.717, 1.165) is 30.9 Å². The second kappa shape index (κ2) is 6.98. The molecule has 0 amide bonds. The highest BCUT2D eigenvalue weighted by molar-refractivity contribution is 5.49. The van der Waals surface area contributed by atoms with Gasteiger partial charge in [0.2, 0.25) is 0 Å². The molecule has 20 heavy (non-hydrogen) atoms. The molecule has 0 bridgehead atoms. The number of hydrogen-bond donors (Lipinski definition) is 0. The highest BCUT2D eigenvalue weighted by atomic mass is 16.5. The summed E-state index contributed by atoms with van der Waals surface area (Å²) in [5.74, 6) is 1.80. The number of rotatable bonds is 6. The highest BCUT2D eigenvalue weighted by Gasteiger charge is 2.22. The van der Waals surface area contributed by atoms with Crippen LogP contribution in [-0.4, -0.2) is 39.8 Å². The summed E-state index contributed by atoms with van der Waals surface area (Å²) in [6.45, 7) is 7.78. The minimum Gasteiger partial charge on any atom is -0.497 e. The first kappa shape index (κ1) is 16.8. The summed E-state index contributed by atoms with van der Waals surface area (Å²) < 4.78 is 11.0. The number of nitrogens with zero attached hydrogens (tertiary/aromatic N) is 1. The van der Waals surface area contributed by atoms with Crippen LogP contribution in [0.2, 0.25) is 0 Å². The molecule has 1 aromatic carbocycles. The van der Waals surface area contributed by atoms with Gasteiger partial charge in [0.1, 0.15) is 11.5 Å². The maximum Gasteiger partial charge on any atom is 0.126 e. The Kier molecular flexibility index (Phi) is 5.88. The fourth-order valence-electron chi connectivity index (χ4n) is 2.42. The molecule has 114 valence electrons. The van der Waals surface area contributed by atoms with E-state index in [1.165, 1.54) is 11.1 Å². The van der Waals surface area contributed by atoms with E-state index in [2.05, 4.69) is 45.8 Å². The van der Waals surface area contributed by atoms with E-state index in [1.54, 1.807) is 14.2 Å². The number of methoxy groups -OCH3 is 2. The standard InChI is InChI=1S/C17H29NO2/c1-17(2,3)15-11-13(19-6)12-16(20-7)14(15)9-8-10-18(4)5/h11-12H,8-10H2,1-7H3. The summed E-state index contributed by atoms with van der Waals surface area (Å²) in [5, 5.41) is 0. The van der Waals surface area contributed by atoms with Crippen LogP contribution in [0.15, 0.2) is 12.1 Å². The van der Waals surface area contributed by atoms with Crippen LogP contribution < -0.4 is 9.47 Å². The molecule has 0 atom stereocenters. The van der Waals surface area contributed by atoms with Crippen LogP contribution in [0.25, 0.3) is 0 Å². The molecule has 0 aliphatic heterocycles. The summed E-state index contributed by atoms with van der Waals surface area (Å²) in [6.07, 6.45) is 2.15. The molecule has 0 radical (unpaired) electrons. The van der Waals surface area contributed by atoms with E-state index in [1.807, 2.05) is 6.07 Å². The molecular formula is C17H29NO2. The van der Waals surface area contributed by atoms with Crippen LogP contribution in [-0.2, 0) is 11.8 Å². The largest absolute Gasteiger partial charge is 0.497 e. The minimum atomic E-state index is 0.0786. The zero-order valence-corrected chi connectivity index (χ0v) is 14.0. The van der Waals surface area contributed by atoms with Crippen molar-refractivity contribution >= 4 is 0 Å². The zero-order valence-electron chi connectivity index (χ0n) is 14.0. The van der Waals surface area contributed by atoms with Crippen molar-refractivity contribution in [3.63, 3.8) is 0 Å². The lowest BCUT2D eigenvalue weighted by Crippen LogP contribution is -2.17. The van der Waals surface area contributed by atoms with E-state index in [9.17, 15) is 0 Å². The molecule has 1 aromatic rings. The van der Waals surface area contributed by atoms with Crippen LogP contribution in [0.5, 0.6) is 11.5 Å². The Balaban J connectivity index is 3.16. The van der Waals surface area contributed by atoms with Gasteiger partial charge in [0, 0.05) is 6.07 Å². The van der Waals surface area contributed by atoms with Gasteiger partial charge in [-0.25, -0.2) is 0 Å². The smallest absolute Gasteiger partial charge is 0.126 e. The van der Waals surface area contributed by atoms with Gasteiger partial charge in [-0.15, -0.1) is 0 Å². The van der Waals surface area contributed by atoms with Crippen LogP contribution in [0.1, 0.15) is 38.3 Å². The summed E-state index contributed by atoms with van der Waals surface area (Å²) in [6, 6.07) is 4.13. The van der Waals surface area contributed by atoms with Gasteiger partial charge in [0.25, 0.3) is 0 Å². The molecule has 0 spiro atoms. The van der Waals surface area contributed by atoms with Gasteiger partial charge in [0.05, 0.1) is 14.2 Å². The molecule has 3 nitrogen and oxygen atoms in total. The van der Waals surface area contributed by atoms with Crippen LogP contribution in [0, 0.1) is 0 Å². The Morgan fingerprint density at radius 3 is 2.15 bits per heavy atom. The quantitative estimate of drug-likeness (QED) is 0.795. The molecular weight excluding hydrogens is 250 g/mol. The van der Waals surface area contributed by atoms with Crippen LogP contribution in [0.3, 0.4) is 0 Å². The molecule has 0 unspecified atom stereocenters. The van der Waals surface area contributed by atoms with E-state index in [4.69, 9.17) is 9.47 Å².